The molecule has 44 heavy (non-hydrogen) atoms. The zero-order valence-electron chi connectivity index (χ0n) is 26.8. The van der Waals surface area contributed by atoms with Gasteiger partial charge in [-0.15, -0.1) is 0 Å². The Balaban J connectivity index is 1.29. The van der Waals surface area contributed by atoms with E-state index in [-0.39, 0.29) is 0 Å². The molecule has 4 aromatic carbocycles. The average molecular weight is 587 g/mol. The molecule has 0 saturated carbocycles. The number of ether oxygens (including phenoxy) is 1. The summed E-state index contributed by atoms with van der Waals surface area (Å²) < 4.78 is 32.2. The molecule has 0 bridgehead atoms. The summed E-state index contributed by atoms with van der Waals surface area (Å²) in [5.41, 5.74) is 5.31. The van der Waals surface area contributed by atoms with Crippen LogP contribution in [0.15, 0.2) is 91.0 Å². The Morgan fingerprint density at radius 1 is 0.477 bits per heavy atom. The van der Waals surface area contributed by atoms with Gasteiger partial charge in [0.15, 0.2) is 11.5 Å². The van der Waals surface area contributed by atoms with Crippen molar-refractivity contribution in [3.63, 3.8) is 0 Å². The molecule has 4 aromatic rings. The Morgan fingerprint density at radius 3 is 1.32 bits per heavy atom. The third-order valence-electron chi connectivity index (χ3n) is 9.95. The molecule has 7 rings (SSSR count). The minimum Gasteiger partial charge on any atom is -0.453 e. The molecule has 0 aliphatic carbocycles. The van der Waals surface area contributed by atoms with Crippen molar-refractivity contribution in [3.05, 3.63) is 91.0 Å². The van der Waals surface area contributed by atoms with Crippen molar-refractivity contribution in [2.45, 2.75) is 77.8 Å². The normalized spacial score (nSPS) is 20.7. The second-order valence-electron chi connectivity index (χ2n) is 14.0. The molecule has 0 spiro atoms. The number of hydrogen-bond acceptors (Lipinski definition) is 6. The molecule has 224 valence electrons. The van der Waals surface area contributed by atoms with Gasteiger partial charge in [-0.05, 0) is 114 Å². The first-order valence-corrected chi connectivity index (χ1v) is 15.4. The standard InChI is InChI=1S/C36H39B2NO5/c1-33(2)34(3,4)42-37(41-33)26-16-20-29-31(22-26)40-32-23-27(38-43-35(5,6)36(7,8)44-38)17-21-30(32)39(29)28-18-14-25(15-19-28)24-12-10-9-11-13-24/h9-23H,1-8H3. The molecule has 0 amide bonds. The maximum Gasteiger partial charge on any atom is 0.494 e. The summed E-state index contributed by atoms with van der Waals surface area (Å²) >= 11 is 0. The quantitative estimate of drug-likeness (QED) is 0.203. The largest absolute Gasteiger partial charge is 0.494 e. The van der Waals surface area contributed by atoms with Crippen LogP contribution in [0.25, 0.3) is 11.1 Å². The first kappa shape index (κ1) is 29.2. The Bertz CT molecular complexity index is 1600. The first-order chi connectivity index (χ1) is 20.7. The zero-order valence-corrected chi connectivity index (χ0v) is 26.8. The molecule has 3 heterocycles. The number of fused-ring (bicyclic) bond motifs is 2. The van der Waals surface area contributed by atoms with E-state index in [0.717, 1.165) is 45.1 Å². The highest BCUT2D eigenvalue weighted by molar-refractivity contribution is 6.62. The van der Waals surface area contributed by atoms with Crippen LogP contribution in [0, 0.1) is 0 Å². The Hall–Kier alpha value is -3.55. The van der Waals surface area contributed by atoms with Crippen molar-refractivity contribution < 1.29 is 23.4 Å². The van der Waals surface area contributed by atoms with Crippen molar-refractivity contribution in [1.82, 2.24) is 0 Å². The van der Waals surface area contributed by atoms with E-state index in [4.69, 9.17) is 23.4 Å². The van der Waals surface area contributed by atoms with E-state index < -0.39 is 36.6 Å². The van der Waals surface area contributed by atoms with Gasteiger partial charge in [0.2, 0.25) is 0 Å². The molecule has 0 aromatic heterocycles. The Kier molecular flexibility index (Phi) is 6.62. The van der Waals surface area contributed by atoms with E-state index in [1.165, 1.54) is 5.56 Å². The van der Waals surface area contributed by atoms with Crippen LogP contribution in [-0.4, -0.2) is 36.6 Å². The van der Waals surface area contributed by atoms with Crippen LogP contribution < -0.4 is 20.6 Å². The molecule has 2 fully saturated rings. The lowest BCUT2D eigenvalue weighted by Gasteiger charge is -2.33. The maximum absolute atomic E-state index is 6.67. The topological polar surface area (TPSA) is 49.4 Å². The Morgan fingerprint density at radius 2 is 0.886 bits per heavy atom. The van der Waals surface area contributed by atoms with E-state index in [0.29, 0.717) is 0 Å². The number of anilines is 3. The first-order valence-electron chi connectivity index (χ1n) is 15.4. The monoisotopic (exact) mass is 587 g/mol. The van der Waals surface area contributed by atoms with E-state index >= 15 is 0 Å². The molecule has 3 aliphatic heterocycles. The van der Waals surface area contributed by atoms with Gasteiger partial charge in [0, 0.05) is 5.69 Å². The van der Waals surface area contributed by atoms with Gasteiger partial charge in [0.05, 0.1) is 33.8 Å². The highest BCUT2D eigenvalue weighted by Gasteiger charge is 2.53. The van der Waals surface area contributed by atoms with E-state index in [9.17, 15) is 0 Å². The molecule has 0 radical (unpaired) electrons. The third kappa shape index (κ3) is 4.76. The van der Waals surface area contributed by atoms with Crippen molar-refractivity contribution in [2.75, 3.05) is 4.90 Å². The van der Waals surface area contributed by atoms with Crippen molar-refractivity contribution in [3.8, 4) is 22.6 Å². The van der Waals surface area contributed by atoms with Crippen LogP contribution in [0.1, 0.15) is 55.4 Å². The lowest BCUT2D eigenvalue weighted by molar-refractivity contribution is 0.00578. The molecule has 2 saturated heterocycles. The fraction of sp³-hybridized carbons (Fsp3) is 0.333. The van der Waals surface area contributed by atoms with Crippen molar-refractivity contribution in [2.24, 2.45) is 0 Å². The zero-order chi connectivity index (χ0) is 31.1. The SMILES string of the molecule is CC1(C)OB(c2ccc3c(c2)Oc2cc(B4OC(C)(C)C(C)(C)O4)ccc2N3c2ccc(-c3ccccc3)cc2)OC1(C)C. The number of hydrogen-bond donors (Lipinski definition) is 0. The lowest BCUT2D eigenvalue weighted by Crippen LogP contribution is -2.41. The van der Waals surface area contributed by atoms with Gasteiger partial charge >= 0.3 is 14.2 Å². The van der Waals surface area contributed by atoms with Crippen molar-refractivity contribution >= 4 is 42.2 Å². The van der Waals surface area contributed by atoms with E-state index in [1.807, 2.05) is 18.2 Å². The van der Waals surface area contributed by atoms with Gasteiger partial charge in [-0.25, -0.2) is 0 Å². The fourth-order valence-corrected chi connectivity index (χ4v) is 5.81. The molecule has 0 N–H and O–H groups in total. The fourth-order valence-electron chi connectivity index (χ4n) is 5.81. The predicted octanol–water partition coefficient (Wildman–Crippen LogP) is 7.53. The minimum atomic E-state index is -0.495. The average Bonchev–Trinajstić information content (AvgIpc) is 3.35. The van der Waals surface area contributed by atoms with Gasteiger partial charge in [-0.1, -0.05) is 54.6 Å². The Labute approximate surface area is 261 Å². The lowest BCUT2D eigenvalue weighted by atomic mass is 9.78. The molecule has 0 atom stereocenters. The van der Waals surface area contributed by atoms with Crippen LogP contribution in [-0.2, 0) is 18.6 Å². The van der Waals surface area contributed by atoms with Gasteiger partial charge < -0.3 is 28.3 Å². The second-order valence-corrected chi connectivity index (χ2v) is 14.0. The summed E-state index contributed by atoms with van der Waals surface area (Å²) in [4.78, 5) is 2.24. The van der Waals surface area contributed by atoms with Gasteiger partial charge in [-0.2, -0.15) is 0 Å². The summed E-state index contributed by atoms with van der Waals surface area (Å²) in [7, 11) is -0.991. The minimum absolute atomic E-state index is 0.439. The molecule has 8 heteroatoms. The summed E-state index contributed by atoms with van der Waals surface area (Å²) in [5.74, 6) is 1.45. The molecular formula is C36H39B2NO5. The molecule has 0 unspecified atom stereocenters. The molecular weight excluding hydrogens is 548 g/mol. The third-order valence-corrected chi connectivity index (χ3v) is 9.95. The molecule has 3 aliphatic rings. The van der Waals surface area contributed by atoms with Crippen LogP contribution in [0.5, 0.6) is 11.5 Å². The summed E-state index contributed by atoms with van der Waals surface area (Å²) in [6.07, 6.45) is 0. The summed E-state index contributed by atoms with van der Waals surface area (Å²) in [5, 5.41) is 0. The van der Waals surface area contributed by atoms with Gasteiger partial charge in [0.1, 0.15) is 0 Å². The predicted molar refractivity (Wildman–Crippen MR) is 178 cm³/mol. The van der Waals surface area contributed by atoms with Crippen LogP contribution in [0.2, 0.25) is 0 Å². The van der Waals surface area contributed by atoms with Crippen molar-refractivity contribution in [1.29, 1.82) is 0 Å². The summed E-state index contributed by atoms with van der Waals surface area (Å²) in [6, 6.07) is 31.4. The van der Waals surface area contributed by atoms with E-state index in [2.05, 4.69) is 133 Å². The summed E-state index contributed by atoms with van der Waals surface area (Å²) in [6.45, 7) is 16.5. The highest BCUT2D eigenvalue weighted by Crippen LogP contribution is 2.50. The second kappa shape index (κ2) is 9.98. The number of nitrogens with zero attached hydrogens (tertiary/aromatic N) is 1. The maximum atomic E-state index is 6.67. The smallest absolute Gasteiger partial charge is 0.453 e. The number of rotatable bonds is 4. The highest BCUT2D eigenvalue weighted by atomic mass is 16.7. The van der Waals surface area contributed by atoms with Crippen LogP contribution in [0.3, 0.4) is 0 Å². The van der Waals surface area contributed by atoms with Crippen LogP contribution >= 0.6 is 0 Å². The van der Waals surface area contributed by atoms with E-state index in [1.54, 1.807) is 0 Å². The van der Waals surface area contributed by atoms with Gasteiger partial charge in [-0.3, -0.25) is 0 Å². The van der Waals surface area contributed by atoms with Gasteiger partial charge in [0.25, 0.3) is 0 Å². The number of benzene rings is 4. The van der Waals surface area contributed by atoms with Crippen LogP contribution in [0.4, 0.5) is 17.1 Å². The molecule has 6 nitrogen and oxygen atoms in total.